The Morgan fingerprint density at radius 1 is 1.19 bits per heavy atom. The first-order chi connectivity index (χ1) is 14.7. The highest BCUT2D eigenvalue weighted by atomic mass is 35.5. The van der Waals surface area contributed by atoms with Gasteiger partial charge in [-0.1, -0.05) is 29.8 Å². The van der Waals surface area contributed by atoms with Gasteiger partial charge < -0.3 is 5.32 Å². The van der Waals surface area contributed by atoms with Gasteiger partial charge in [0.05, 0.1) is 22.1 Å². The minimum atomic E-state index is -4.66. The molecule has 1 aromatic carbocycles. The van der Waals surface area contributed by atoms with Gasteiger partial charge in [0.25, 0.3) is 0 Å². The fraction of sp³-hybridized carbons (Fsp3) is 0.381. The lowest BCUT2D eigenvalue weighted by Gasteiger charge is -2.09. The number of alkyl halides is 3. The van der Waals surface area contributed by atoms with Crippen molar-refractivity contribution < 1.29 is 18.0 Å². The van der Waals surface area contributed by atoms with E-state index in [1.54, 1.807) is 4.68 Å². The van der Waals surface area contributed by atoms with Gasteiger partial charge in [0.1, 0.15) is 6.54 Å². The van der Waals surface area contributed by atoms with E-state index in [0.717, 1.165) is 40.2 Å². The van der Waals surface area contributed by atoms with E-state index < -0.39 is 22.8 Å². The SMILES string of the molecule is Cc1nn(-c2ccccc2)c(C)c1CNC(=O)Cn1nc(C(F)(F)F)c(Cl)c1C1CC1. The summed E-state index contributed by atoms with van der Waals surface area (Å²) in [6.45, 7) is 3.64. The Bertz CT molecular complexity index is 1120. The molecule has 3 aromatic rings. The van der Waals surface area contributed by atoms with E-state index in [4.69, 9.17) is 11.6 Å². The number of benzene rings is 1. The normalized spacial score (nSPS) is 14.1. The number of aromatic nitrogens is 4. The van der Waals surface area contributed by atoms with Crippen molar-refractivity contribution in [2.24, 2.45) is 0 Å². The number of rotatable bonds is 6. The Hall–Kier alpha value is -2.81. The van der Waals surface area contributed by atoms with Gasteiger partial charge in [-0.2, -0.15) is 23.4 Å². The van der Waals surface area contributed by atoms with Crippen LogP contribution < -0.4 is 5.32 Å². The molecule has 1 saturated carbocycles. The van der Waals surface area contributed by atoms with Crippen molar-refractivity contribution >= 4 is 17.5 Å². The summed E-state index contributed by atoms with van der Waals surface area (Å²) >= 11 is 5.96. The third-order valence-electron chi connectivity index (χ3n) is 5.36. The van der Waals surface area contributed by atoms with Crippen LogP contribution in [0.2, 0.25) is 5.02 Å². The van der Waals surface area contributed by atoms with E-state index in [2.05, 4.69) is 15.5 Å². The van der Waals surface area contributed by atoms with Gasteiger partial charge in [-0.25, -0.2) is 4.68 Å². The molecule has 1 aliphatic rings. The molecule has 6 nitrogen and oxygen atoms in total. The number of hydrogen-bond donors (Lipinski definition) is 1. The van der Waals surface area contributed by atoms with E-state index in [1.807, 2.05) is 44.2 Å². The second-order valence-electron chi connectivity index (χ2n) is 7.65. The molecule has 2 aromatic heterocycles. The van der Waals surface area contributed by atoms with Crippen LogP contribution in [0.1, 0.15) is 47.1 Å². The lowest BCUT2D eigenvalue weighted by molar-refractivity contribution is -0.141. The van der Waals surface area contributed by atoms with Crippen LogP contribution in [0, 0.1) is 13.8 Å². The zero-order valence-electron chi connectivity index (χ0n) is 17.0. The molecule has 1 amide bonds. The average Bonchev–Trinajstić information content (AvgIpc) is 3.43. The van der Waals surface area contributed by atoms with Crippen molar-refractivity contribution in [2.45, 2.75) is 51.9 Å². The summed E-state index contributed by atoms with van der Waals surface area (Å²) in [6, 6.07) is 9.60. The minimum absolute atomic E-state index is 0.0857. The summed E-state index contributed by atoms with van der Waals surface area (Å²) in [5.74, 6) is -0.529. The van der Waals surface area contributed by atoms with Gasteiger partial charge in [-0.15, -0.1) is 0 Å². The predicted octanol–water partition coefficient (Wildman–Crippen LogP) is 4.55. The van der Waals surface area contributed by atoms with E-state index in [1.165, 1.54) is 0 Å². The summed E-state index contributed by atoms with van der Waals surface area (Å²) in [6.07, 6.45) is -3.19. The molecule has 10 heteroatoms. The third-order valence-corrected chi connectivity index (χ3v) is 5.73. The monoisotopic (exact) mass is 451 g/mol. The molecule has 0 saturated heterocycles. The lowest BCUT2D eigenvalue weighted by Crippen LogP contribution is -2.28. The Balaban J connectivity index is 1.49. The van der Waals surface area contributed by atoms with E-state index >= 15 is 0 Å². The van der Waals surface area contributed by atoms with Gasteiger partial charge in [0.2, 0.25) is 5.91 Å². The van der Waals surface area contributed by atoms with Crippen molar-refractivity contribution in [3.8, 4) is 5.69 Å². The molecule has 0 spiro atoms. The number of carbonyl (C=O) groups excluding carboxylic acids is 1. The number of nitrogens with zero attached hydrogens (tertiary/aromatic N) is 4. The molecule has 2 heterocycles. The molecule has 1 N–H and O–H groups in total. The maximum atomic E-state index is 13.2. The first-order valence-electron chi connectivity index (χ1n) is 9.87. The summed E-state index contributed by atoms with van der Waals surface area (Å²) in [4.78, 5) is 12.5. The number of aryl methyl sites for hydroxylation is 1. The Kier molecular flexibility index (Phi) is 5.55. The first kappa shape index (κ1) is 21.4. The number of para-hydroxylation sites is 1. The summed E-state index contributed by atoms with van der Waals surface area (Å²) < 4.78 is 42.5. The summed E-state index contributed by atoms with van der Waals surface area (Å²) in [5, 5.41) is 10.5. The highest BCUT2D eigenvalue weighted by Crippen LogP contribution is 2.46. The highest BCUT2D eigenvalue weighted by Gasteiger charge is 2.42. The molecule has 164 valence electrons. The molecule has 31 heavy (non-hydrogen) atoms. The smallest absolute Gasteiger partial charge is 0.350 e. The fourth-order valence-electron chi connectivity index (χ4n) is 3.63. The predicted molar refractivity (Wildman–Crippen MR) is 109 cm³/mol. The maximum absolute atomic E-state index is 13.2. The molecular weight excluding hydrogens is 431 g/mol. The summed E-state index contributed by atoms with van der Waals surface area (Å²) in [5.41, 5.74) is 2.55. The van der Waals surface area contributed by atoms with E-state index in [9.17, 15) is 18.0 Å². The lowest BCUT2D eigenvalue weighted by atomic mass is 10.2. The molecule has 4 rings (SSSR count). The molecule has 0 bridgehead atoms. The Labute approximate surface area is 182 Å². The van der Waals surface area contributed by atoms with Crippen LogP contribution in [0.15, 0.2) is 30.3 Å². The van der Waals surface area contributed by atoms with Crippen LogP contribution in [0.4, 0.5) is 13.2 Å². The fourth-order valence-corrected chi connectivity index (χ4v) is 4.03. The third kappa shape index (κ3) is 4.32. The zero-order valence-corrected chi connectivity index (χ0v) is 17.8. The number of hydrogen-bond acceptors (Lipinski definition) is 3. The highest BCUT2D eigenvalue weighted by molar-refractivity contribution is 6.32. The van der Waals surface area contributed by atoms with Crippen molar-refractivity contribution in [1.82, 2.24) is 24.9 Å². The molecule has 0 unspecified atom stereocenters. The van der Waals surface area contributed by atoms with Crippen LogP contribution in [-0.2, 0) is 24.1 Å². The second kappa shape index (κ2) is 8.03. The van der Waals surface area contributed by atoms with E-state index in [0.29, 0.717) is 0 Å². The number of halogens is 4. The van der Waals surface area contributed by atoms with Gasteiger partial charge in [-0.3, -0.25) is 9.48 Å². The Morgan fingerprint density at radius 2 is 1.87 bits per heavy atom. The zero-order chi connectivity index (χ0) is 22.3. The number of nitrogens with one attached hydrogen (secondary N) is 1. The molecule has 0 radical (unpaired) electrons. The topological polar surface area (TPSA) is 64.7 Å². The number of carbonyl (C=O) groups is 1. The second-order valence-corrected chi connectivity index (χ2v) is 8.03. The van der Waals surface area contributed by atoms with Crippen LogP contribution >= 0.6 is 11.6 Å². The quantitative estimate of drug-likeness (QED) is 0.598. The van der Waals surface area contributed by atoms with Gasteiger partial charge in [0.15, 0.2) is 5.69 Å². The largest absolute Gasteiger partial charge is 0.436 e. The van der Waals surface area contributed by atoms with Crippen molar-refractivity contribution in [3.63, 3.8) is 0 Å². The van der Waals surface area contributed by atoms with Crippen molar-refractivity contribution in [2.75, 3.05) is 0 Å². The Morgan fingerprint density at radius 3 is 2.48 bits per heavy atom. The minimum Gasteiger partial charge on any atom is -0.350 e. The standard InChI is InChI=1S/C21H21ClF3N5O/c1-12-16(13(2)30(27-12)15-6-4-3-5-7-15)10-26-17(31)11-29-19(14-8-9-14)18(22)20(28-29)21(23,24)25/h3-7,14H,8-11H2,1-2H3,(H,26,31). The molecule has 0 atom stereocenters. The van der Waals surface area contributed by atoms with Crippen molar-refractivity contribution in [3.05, 3.63) is 63.7 Å². The van der Waals surface area contributed by atoms with Crippen LogP contribution in [0.5, 0.6) is 0 Å². The van der Waals surface area contributed by atoms with Gasteiger partial charge in [-0.05, 0) is 38.8 Å². The van der Waals surface area contributed by atoms with Crippen molar-refractivity contribution in [1.29, 1.82) is 0 Å². The van der Waals surface area contributed by atoms with Gasteiger partial charge >= 0.3 is 6.18 Å². The van der Waals surface area contributed by atoms with Gasteiger partial charge in [0, 0.05) is 23.7 Å². The maximum Gasteiger partial charge on any atom is 0.436 e. The van der Waals surface area contributed by atoms with Crippen LogP contribution in [0.3, 0.4) is 0 Å². The molecule has 1 fully saturated rings. The van der Waals surface area contributed by atoms with E-state index in [-0.39, 0.29) is 24.7 Å². The number of amides is 1. The average molecular weight is 452 g/mol. The molecule has 1 aliphatic carbocycles. The van der Waals surface area contributed by atoms with Crippen LogP contribution in [-0.4, -0.2) is 25.5 Å². The summed E-state index contributed by atoms with van der Waals surface area (Å²) in [7, 11) is 0. The molecular formula is C21H21ClF3N5O. The first-order valence-corrected chi connectivity index (χ1v) is 10.2. The van der Waals surface area contributed by atoms with Crippen LogP contribution in [0.25, 0.3) is 5.69 Å². The molecule has 0 aliphatic heterocycles.